The molecule has 1 fully saturated rings. The van der Waals surface area contributed by atoms with Gasteiger partial charge in [-0.05, 0) is 31.0 Å². The van der Waals surface area contributed by atoms with Crippen LogP contribution in [0.25, 0.3) is 0 Å². The number of sulfonamides is 1. The van der Waals surface area contributed by atoms with E-state index in [1.165, 1.54) is 12.1 Å². The highest BCUT2D eigenvalue weighted by molar-refractivity contribution is 9.10. The van der Waals surface area contributed by atoms with Gasteiger partial charge in [0.25, 0.3) is 0 Å². The molecule has 1 N–H and O–H groups in total. The second kappa shape index (κ2) is 3.84. The van der Waals surface area contributed by atoms with E-state index in [0.29, 0.717) is 4.47 Å². The highest BCUT2D eigenvalue weighted by atomic mass is 79.9. The van der Waals surface area contributed by atoms with Gasteiger partial charge in [0, 0.05) is 10.5 Å². The molecule has 0 bridgehead atoms. The molecule has 1 aliphatic carbocycles. The molecule has 0 atom stereocenters. The summed E-state index contributed by atoms with van der Waals surface area (Å²) >= 11 is 3.07. The third-order valence-electron chi connectivity index (χ3n) is 2.08. The summed E-state index contributed by atoms with van der Waals surface area (Å²) in [6, 6.07) is 3.88. The van der Waals surface area contributed by atoms with Gasteiger partial charge in [-0.2, -0.15) is 0 Å². The maximum absolute atomic E-state index is 13.4. The Labute approximate surface area is 95.9 Å². The summed E-state index contributed by atoms with van der Waals surface area (Å²) in [6.45, 7) is 0. The van der Waals surface area contributed by atoms with Crippen molar-refractivity contribution in [1.82, 2.24) is 4.72 Å². The maximum atomic E-state index is 13.4. The second-order valence-corrected chi connectivity index (χ2v) is 6.07. The molecular formula is C9H9BrFNO2S. The lowest BCUT2D eigenvalue weighted by Crippen LogP contribution is -2.26. The topological polar surface area (TPSA) is 46.2 Å². The number of hydrogen-bond donors (Lipinski definition) is 1. The lowest BCUT2D eigenvalue weighted by molar-refractivity contribution is 0.556. The molecule has 0 heterocycles. The molecule has 0 unspecified atom stereocenters. The summed E-state index contributed by atoms with van der Waals surface area (Å²) in [5, 5.41) is 0. The predicted octanol–water partition coefficient (Wildman–Crippen LogP) is 2.03. The molecule has 0 radical (unpaired) electrons. The average Bonchev–Trinajstić information content (AvgIpc) is 2.86. The Hall–Kier alpha value is -0.460. The Balaban J connectivity index is 2.34. The highest BCUT2D eigenvalue weighted by Gasteiger charge is 2.29. The molecule has 82 valence electrons. The molecule has 1 saturated carbocycles. The number of nitrogens with one attached hydrogen (secondary N) is 1. The van der Waals surface area contributed by atoms with Crippen LogP contribution >= 0.6 is 15.9 Å². The SMILES string of the molecule is O=S(=O)(NC1CC1)c1ccc(Br)cc1F. The van der Waals surface area contributed by atoms with Gasteiger partial charge >= 0.3 is 0 Å². The van der Waals surface area contributed by atoms with Crippen molar-refractivity contribution in [2.24, 2.45) is 0 Å². The summed E-state index contributed by atoms with van der Waals surface area (Å²) in [5.41, 5.74) is 0. The molecule has 1 aromatic rings. The van der Waals surface area contributed by atoms with Gasteiger partial charge < -0.3 is 0 Å². The Morgan fingerprint density at radius 2 is 2.07 bits per heavy atom. The fourth-order valence-corrected chi connectivity index (χ4v) is 2.87. The van der Waals surface area contributed by atoms with Crippen LogP contribution in [0.5, 0.6) is 0 Å². The van der Waals surface area contributed by atoms with Crippen LogP contribution < -0.4 is 4.72 Å². The Morgan fingerprint density at radius 3 is 2.60 bits per heavy atom. The van der Waals surface area contributed by atoms with Gasteiger partial charge in [0.2, 0.25) is 10.0 Å². The summed E-state index contributed by atoms with van der Waals surface area (Å²) in [4.78, 5) is -0.294. The Kier molecular flexibility index (Phi) is 2.83. The van der Waals surface area contributed by atoms with Crippen LogP contribution in [0.15, 0.2) is 27.6 Å². The molecule has 15 heavy (non-hydrogen) atoms. The molecule has 0 spiro atoms. The molecule has 3 nitrogen and oxygen atoms in total. The standard InChI is InChI=1S/C9H9BrFNO2S/c10-6-1-4-9(8(11)5-6)15(13,14)12-7-2-3-7/h1,4-5,7,12H,2-3H2. The normalized spacial score (nSPS) is 16.7. The van der Waals surface area contributed by atoms with Crippen LogP contribution in [0.1, 0.15) is 12.8 Å². The zero-order valence-electron chi connectivity index (χ0n) is 7.70. The fraction of sp³-hybridized carbons (Fsp3) is 0.333. The van der Waals surface area contributed by atoms with Gasteiger partial charge in [-0.25, -0.2) is 17.5 Å². The minimum Gasteiger partial charge on any atom is -0.208 e. The van der Waals surface area contributed by atoms with Gasteiger partial charge in [0.15, 0.2) is 0 Å². The Bertz CT molecular complexity index is 485. The third-order valence-corrected chi connectivity index (χ3v) is 4.13. The van der Waals surface area contributed by atoms with Gasteiger partial charge in [-0.15, -0.1) is 0 Å². The van der Waals surface area contributed by atoms with Crippen molar-refractivity contribution in [1.29, 1.82) is 0 Å². The monoisotopic (exact) mass is 293 g/mol. The van der Waals surface area contributed by atoms with Crippen LogP contribution in [-0.4, -0.2) is 14.5 Å². The van der Waals surface area contributed by atoms with Crippen LogP contribution in [-0.2, 0) is 10.0 Å². The first kappa shape index (κ1) is 11.0. The first-order valence-corrected chi connectivity index (χ1v) is 6.74. The van der Waals surface area contributed by atoms with Crippen molar-refractivity contribution in [3.8, 4) is 0 Å². The number of rotatable bonds is 3. The molecule has 0 aromatic heterocycles. The lowest BCUT2D eigenvalue weighted by atomic mass is 10.3. The average molecular weight is 294 g/mol. The molecule has 6 heteroatoms. The van der Waals surface area contributed by atoms with Crippen molar-refractivity contribution in [2.75, 3.05) is 0 Å². The van der Waals surface area contributed by atoms with Gasteiger partial charge in [0.05, 0.1) is 0 Å². The van der Waals surface area contributed by atoms with Crippen molar-refractivity contribution >= 4 is 26.0 Å². The lowest BCUT2D eigenvalue weighted by Gasteiger charge is -2.06. The molecular weight excluding hydrogens is 285 g/mol. The highest BCUT2D eigenvalue weighted by Crippen LogP contribution is 2.24. The number of benzene rings is 1. The van der Waals surface area contributed by atoms with E-state index in [1.54, 1.807) is 0 Å². The first-order chi connectivity index (χ1) is 6.99. The number of hydrogen-bond acceptors (Lipinski definition) is 2. The Morgan fingerprint density at radius 1 is 1.40 bits per heavy atom. The quantitative estimate of drug-likeness (QED) is 0.927. The van der Waals surface area contributed by atoms with Crippen molar-refractivity contribution in [2.45, 2.75) is 23.8 Å². The largest absolute Gasteiger partial charge is 0.243 e. The van der Waals surface area contributed by atoms with Crippen LogP contribution in [0.2, 0.25) is 0 Å². The van der Waals surface area contributed by atoms with Crippen molar-refractivity contribution < 1.29 is 12.8 Å². The zero-order valence-corrected chi connectivity index (χ0v) is 10.1. The molecule has 1 aromatic carbocycles. The predicted molar refractivity (Wildman–Crippen MR) is 57.4 cm³/mol. The maximum Gasteiger partial charge on any atom is 0.243 e. The first-order valence-electron chi connectivity index (χ1n) is 4.46. The third kappa shape index (κ3) is 2.56. The second-order valence-electron chi connectivity index (χ2n) is 3.47. The smallest absolute Gasteiger partial charge is 0.208 e. The zero-order chi connectivity index (χ0) is 11.1. The summed E-state index contributed by atoms with van der Waals surface area (Å²) in [6.07, 6.45) is 1.66. The molecule has 0 amide bonds. The molecule has 0 saturated heterocycles. The van der Waals surface area contributed by atoms with Crippen LogP contribution in [0.4, 0.5) is 4.39 Å². The summed E-state index contributed by atoms with van der Waals surface area (Å²) in [5.74, 6) is -0.738. The van der Waals surface area contributed by atoms with Gasteiger partial charge in [0.1, 0.15) is 10.7 Å². The minimum absolute atomic E-state index is 0.0157. The van der Waals surface area contributed by atoms with E-state index in [0.717, 1.165) is 18.9 Å². The van der Waals surface area contributed by atoms with Crippen LogP contribution in [0.3, 0.4) is 0 Å². The van der Waals surface area contributed by atoms with Crippen molar-refractivity contribution in [3.63, 3.8) is 0 Å². The van der Waals surface area contributed by atoms with E-state index in [-0.39, 0.29) is 10.9 Å². The van der Waals surface area contributed by atoms with Crippen LogP contribution in [0, 0.1) is 5.82 Å². The van der Waals surface area contributed by atoms with E-state index < -0.39 is 15.8 Å². The fourth-order valence-electron chi connectivity index (χ4n) is 1.18. The van der Waals surface area contributed by atoms with E-state index in [4.69, 9.17) is 0 Å². The van der Waals surface area contributed by atoms with E-state index in [1.807, 2.05) is 0 Å². The minimum atomic E-state index is -3.69. The molecule has 0 aliphatic heterocycles. The molecule has 2 rings (SSSR count). The molecule has 1 aliphatic rings. The van der Waals surface area contributed by atoms with E-state index >= 15 is 0 Å². The number of halogens is 2. The summed E-state index contributed by atoms with van der Waals surface area (Å²) in [7, 11) is -3.69. The van der Waals surface area contributed by atoms with Crippen molar-refractivity contribution in [3.05, 3.63) is 28.5 Å². The van der Waals surface area contributed by atoms with Gasteiger partial charge in [-0.3, -0.25) is 0 Å². The van der Waals surface area contributed by atoms with Gasteiger partial charge in [-0.1, -0.05) is 15.9 Å². The summed E-state index contributed by atoms with van der Waals surface area (Å²) < 4.78 is 39.6. The van der Waals surface area contributed by atoms with E-state index in [9.17, 15) is 12.8 Å². The van der Waals surface area contributed by atoms with E-state index in [2.05, 4.69) is 20.7 Å².